The molecule has 1 unspecified atom stereocenters. The minimum Gasteiger partial charge on any atom is -0.357 e. The van der Waals surface area contributed by atoms with Crippen molar-refractivity contribution in [1.82, 2.24) is 0 Å². The van der Waals surface area contributed by atoms with Crippen LogP contribution in [-0.2, 0) is 4.79 Å². The van der Waals surface area contributed by atoms with Crippen molar-refractivity contribution in [3.63, 3.8) is 0 Å². The first-order chi connectivity index (χ1) is 11.6. The number of nitrogens with zero attached hydrogens (tertiary/aromatic N) is 1. The van der Waals surface area contributed by atoms with Crippen LogP contribution in [0.2, 0.25) is 5.02 Å². The van der Waals surface area contributed by atoms with Crippen LogP contribution < -0.4 is 5.32 Å². The summed E-state index contributed by atoms with van der Waals surface area (Å²) in [6, 6.07) is 15.7. The van der Waals surface area contributed by atoms with Gasteiger partial charge in [-0.05, 0) is 49.1 Å². The fourth-order valence-corrected chi connectivity index (χ4v) is 3.70. The monoisotopic (exact) mass is 336 g/mol. The summed E-state index contributed by atoms with van der Waals surface area (Å²) in [7, 11) is 0. The molecular weight excluding hydrogens is 320 g/mol. The zero-order valence-electron chi connectivity index (χ0n) is 13.3. The number of hydrogen-bond acceptors (Lipinski definition) is 3. The lowest BCUT2D eigenvalue weighted by Gasteiger charge is -2.25. The second-order valence-electron chi connectivity index (χ2n) is 6.28. The van der Waals surface area contributed by atoms with Crippen LogP contribution in [0.3, 0.4) is 0 Å². The summed E-state index contributed by atoms with van der Waals surface area (Å²) in [5.41, 5.74) is 5.41. The number of carbonyl (C=O) groups is 1. The van der Waals surface area contributed by atoms with Gasteiger partial charge in [-0.2, -0.15) is 0 Å². The number of halogens is 1. The highest BCUT2D eigenvalue weighted by atomic mass is 35.5. The van der Waals surface area contributed by atoms with E-state index in [2.05, 4.69) is 5.32 Å². The van der Waals surface area contributed by atoms with Gasteiger partial charge in [-0.1, -0.05) is 35.9 Å². The lowest BCUT2D eigenvalue weighted by atomic mass is 9.79. The Balaban J connectivity index is 1.78. The molecule has 0 saturated heterocycles. The smallest absolute Gasteiger partial charge is 0.167 e. The maximum absolute atomic E-state index is 12.8. The lowest BCUT2D eigenvalue weighted by molar-refractivity contribution is -0.115. The molecule has 24 heavy (non-hydrogen) atoms. The molecule has 120 valence electrons. The fraction of sp³-hybridized carbons (Fsp3) is 0.200. The van der Waals surface area contributed by atoms with Crippen molar-refractivity contribution in [1.29, 1.82) is 0 Å². The minimum absolute atomic E-state index is 0.122. The van der Waals surface area contributed by atoms with E-state index in [1.165, 1.54) is 0 Å². The van der Waals surface area contributed by atoms with Crippen LogP contribution in [0.5, 0.6) is 0 Å². The average molecular weight is 337 g/mol. The molecule has 2 aromatic carbocycles. The van der Waals surface area contributed by atoms with E-state index in [0.29, 0.717) is 11.4 Å². The molecule has 4 heteroatoms. The van der Waals surface area contributed by atoms with Crippen molar-refractivity contribution in [3.05, 3.63) is 70.4 Å². The second kappa shape index (κ2) is 5.91. The highest BCUT2D eigenvalue weighted by molar-refractivity contribution is 6.30. The van der Waals surface area contributed by atoms with E-state index >= 15 is 0 Å². The van der Waals surface area contributed by atoms with Gasteiger partial charge in [-0.25, -0.2) is 0 Å². The first kappa shape index (κ1) is 15.2. The number of fused-ring (bicyclic) bond motifs is 2. The number of hydrogen-bond donors (Lipinski definition) is 1. The summed E-state index contributed by atoms with van der Waals surface area (Å²) in [6.45, 7) is 1.95. The predicted octanol–water partition coefficient (Wildman–Crippen LogP) is 5.26. The zero-order chi connectivity index (χ0) is 16.7. The summed E-state index contributed by atoms with van der Waals surface area (Å²) in [5, 5.41) is 4.04. The van der Waals surface area contributed by atoms with E-state index in [-0.39, 0.29) is 11.7 Å². The highest BCUT2D eigenvalue weighted by Gasteiger charge is 2.32. The number of benzene rings is 2. The van der Waals surface area contributed by atoms with Gasteiger partial charge in [0.1, 0.15) is 0 Å². The zero-order valence-corrected chi connectivity index (χ0v) is 14.1. The third-order valence-corrected chi connectivity index (χ3v) is 4.85. The maximum atomic E-state index is 12.8. The van der Waals surface area contributed by atoms with Gasteiger partial charge in [0.25, 0.3) is 0 Å². The lowest BCUT2D eigenvalue weighted by Crippen LogP contribution is -2.26. The molecule has 2 aromatic rings. The molecule has 0 aromatic heterocycles. The Labute approximate surface area is 146 Å². The second-order valence-corrected chi connectivity index (χ2v) is 6.72. The molecule has 1 saturated carbocycles. The summed E-state index contributed by atoms with van der Waals surface area (Å²) >= 11 is 6.12. The number of nitrogens with one attached hydrogen (secondary N) is 1. The Morgan fingerprint density at radius 2 is 1.96 bits per heavy atom. The number of Topliss-reactive ketones (excluding diaryl/α,β-unsaturated/α-hetero) is 1. The predicted molar refractivity (Wildman–Crippen MR) is 98.3 cm³/mol. The Bertz CT molecular complexity index is 898. The number of rotatable bonds is 1. The van der Waals surface area contributed by atoms with Crippen LogP contribution in [0.25, 0.3) is 0 Å². The van der Waals surface area contributed by atoms with Crippen molar-refractivity contribution >= 4 is 34.5 Å². The van der Waals surface area contributed by atoms with Crippen LogP contribution in [0.15, 0.2) is 64.8 Å². The summed E-state index contributed by atoms with van der Waals surface area (Å²) in [5.74, 6) is 0.263. The fourth-order valence-electron chi connectivity index (χ4n) is 3.50. The molecule has 0 radical (unpaired) electrons. The first-order valence-electron chi connectivity index (χ1n) is 8.05. The third-order valence-electron chi connectivity index (χ3n) is 4.62. The molecule has 1 heterocycles. The highest BCUT2D eigenvalue weighted by Crippen LogP contribution is 2.38. The third kappa shape index (κ3) is 2.65. The molecule has 0 spiro atoms. The topological polar surface area (TPSA) is 41.5 Å². The molecule has 1 atom stereocenters. The standard InChI is InChI=1S/C20H17ClN2O/c1-12-20-18(23-17-8-3-2-7-16(17)22-12)10-14(11-19(20)24)13-5-4-6-15(21)9-13/h2-9,14,22H,10-11H2,1H3. The van der Waals surface area contributed by atoms with Gasteiger partial charge in [0.05, 0.1) is 22.7 Å². The van der Waals surface area contributed by atoms with Crippen molar-refractivity contribution in [3.8, 4) is 0 Å². The molecule has 1 aliphatic carbocycles. The molecule has 4 rings (SSSR count). The van der Waals surface area contributed by atoms with Crippen molar-refractivity contribution in [2.24, 2.45) is 4.99 Å². The van der Waals surface area contributed by atoms with Gasteiger partial charge in [0.15, 0.2) is 5.78 Å². The molecule has 0 bridgehead atoms. The van der Waals surface area contributed by atoms with Crippen LogP contribution >= 0.6 is 11.6 Å². The van der Waals surface area contributed by atoms with Gasteiger partial charge in [-0.15, -0.1) is 0 Å². The summed E-state index contributed by atoms with van der Waals surface area (Å²) in [6.07, 6.45) is 1.23. The van der Waals surface area contributed by atoms with Crippen molar-refractivity contribution < 1.29 is 4.79 Å². The van der Waals surface area contributed by atoms with Gasteiger partial charge in [0.2, 0.25) is 0 Å². The Morgan fingerprint density at radius 1 is 1.12 bits per heavy atom. The van der Waals surface area contributed by atoms with Gasteiger partial charge < -0.3 is 5.32 Å². The van der Waals surface area contributed by atoms with E-state index < -0.39 is 0 Å². The first-order valence-corrected chi connectivity index (χ1v) is 8.43. The van der Waals surface area contributed by atoms with E-state index in [9.17, 15) is 4.79 Å². The number of anilines is 1. The van der Waals surface area contributed by atoms with E-state index in [1.54, 1.807) is 0 Å². The molecule has 2 aliphatic rings. The number of aliphatic imine (C=N–C) groups is 1. The number of carbonyl (C=O) groups excluding carboxylic acids is 1. The minimum atomic E-state index is 0.122. The Morgan fingerprint density at radius 3 is 2.79 bits per heavy atom. The Hall–Kier alpha value is -2.39. The van der Waals surface area contributed by atoms with Crippen molar-refractivity contribution in [2.75, 3.05) is 5.32 Å². The Kier molecular flexibility index (Phi) is 3.73. The van der Waals surface area contributed by atoms with E-state index in [4.69, 9.17) is 16.6 Å². The summed E-state index contributed by atoms with van der Waals surface area (Å²) in [4.78, 5) is 17.6. The SMILES string of the molecule is CC1=C2C(=O)CC(c3cccc(Cl)c3)CC2=Nc2ccccc2N1. The van der Waals surface area contributed by atoms with Gasteiger partial charge in [-0.3, -0.25) is 9.79 Å². The molecule has 1 aliphatic heterocycles. The largest absolute Gasteiger partial charge is 0.357 e. The number of allylic oxidation sites excluding steroid dienone is 2. The number of ketones is 1. The number of para-hydroxylation sites is 2. The van der Waals surface area contributed by atoms with Crippen LogP contribution in [0.4, 0.5) is 11.4 Å². The molecule has 3 nitrogen and oxygen atoms in total. The van der Waals surface area contributed by atoms with Gasteiger partial charge >= 0.3 is 0 Å². The van der Waals surface area contributed by atoms with E-state index in [0.717, 1.165) is 40.3 Å². The van der Waals surface area contributed by atoms with Crippen LogP contribution in [0, 0.1) is 0 Å². The van der Waals surface area contributed by atoms with Crippen LogP contribution in [-0.4, -0.2) is 11.5 Å². The molecule has 1 N–H and O–H groups in total. The molecular formula is C20H17ClN2O. The van der Waals surface area contributed by atoms with E-state index in [1.807, 2.05) is 55.5 Å². The molecule has 1 fully saturated rings. The quantitative estimate of drug-likeness (QED) is 0.771. The molecule has 0 amide bonds. The maximum Gasteiger partial charge on any atom is 0.167 e. The average Bonchev–Trinajstić information content (AvgIpc) is 2.70. The van der Waals surface area contributed by atoms with Crippen molar-refractivity contribution in [2.45, 2.75) is 25.7 Å². The normalized spacial score (nSPS) is 19.8. The summed E-state index contributed by atoms with van der Waals surface area (Å²) < 4.78 is 0. The van der Waals surface area contributed by atoms with Gasteiger partial charge in [0, 0.05) is 17.1 Å². The van der Waals surface area contributed by atoms with Crippen LogP contribution in [0.1, 0.15) is 31.2 Å².